The molecule has 2 atom stereocenters. The van der Waals surface area contributed by atoms with Crippen molar-refractivity contribution in [1.29, 1.82) is 0 Å². The maximum Gasteiger partial charge on any atom is 0.220 e. The third-order valence-corrected chi connectivity index (χ3v) is 1.53. The molecule has 0 aromatic heterocycles. The van der Waals surface area contributed by atoms with Crippen LogP contribution in [0.3, 0.4) is 0 Å². The Morgan fingerprint density at radius 1 is 1.67 bits per heavy atom. The summed E-state index contributed by atoms with van der Waals surface area (Å²) in [5.74, 6) is -1.18. The molecule has 0 spiro atoms. The van der Waals surface area contributed by atoms with Crippen molar-refractivity contribution in [2.24, 2.45) is 0 Å². The van der Waals surface area contributed by atoms with Crippen LogP contribution in [0.4, 0.5) is 0 Å². The Balaban J connectivity index is 2.13. The largest absolute Gasteiger partial charge is 0.364 e. The summed E-state index contributed by atoms with van der Waals surface area (Å²) >= 11 is 0. The van der Waals surface area contributed by atoms with Gasteiger partial charge in [-0.15, -0.1) is 0 Å². The van der Waals surface area contributed by atoms with Gasteiger partial charge in [-0.3, -0.25) is 0 Å². The molecule has 1 heterocycles. The lowest BCUT2D eigenvalue weighted by Gasteiger charge is -1.99. The van der Waals surface area contributed by atoms with E-state index in [9.17, 15) is 0 Å². The Morgan fingerprint density at radius 3 is 2.56 bits per heavy atom. The summed E-state index contributed by atoms with van der Waals surface area (Å²) in [6.07, 6.45) is 1.53. The minimum absolute atomic E-state index is 0.546. The predicted octanol–water partition coefficient (Wildman–Crippen LogP) is 0.214. The van der Waals surface area contributed by atoms with Crippen molar-refractivity contribution < 1.29 is 14.9 Å². The minimum Gasteiger partial charge on any atom is -0.364 e. The highest BCUT2D eigenvalue weighted by atomic mass is 16.8. The molecule has 3 heteroatoms. The molecule has 0 aromatic rings. The second kappa shape index (κ2) is 2.25. The Morgan fingerprint density at radius 2 is 2.22 bits per heavy atom. The molecular weight excluding hydrogens is 120 g/mol. The van der Waals surface area contributed by atoms with E-state index in [1.807, 2.05) is 6.92 Å². The van der Waals surface area contributed by atoms with Crippen LogP contribution in [0.1, 0.15) is 26.2 Å². The molecular formula is C6H12O3. The number of rotatable bonds is 3. The molecule has 9 heavy (non-hydrogen) atoms. The highest BCUT2D eigenvalue weighted by Crippen LogP contribution is 2.35. The Bertz CT molecular complexity index is 104. The summed E-state index contributed by atoms with van der Waals surface area (Å²) in [7, 11) is 0. The van der Waals surface area contributed by atoms with Crippen LogP contribution in [0.25, 0.3) is 0 Å². The van der Waals surface area contributed by atoms with Crippen LogP contribution in [-0.4, -0.2) is 22.3 Å². The van der Waals surface area contributed by atoms with Gasteiger partial charge in [0.15, 0.2) is 0 Å². The van der Waals surface area contributed by atoms with Crippen LogP contribution < -0.4 is 0 Å². The number of hydrogen-bond acceptors (Lipinski definition) is 3. The van der Waals surface area contributed by atoms with E-state index in [1.165, 1.54) is 0 Å². The number of aliphatic hydroxyl groups excluding tert-OH is 1. The van der Waals surface area contributed by atoms with E-state index >= 15 is 0 Å². The van der Waals surface area contributed by atoms with Gasteiger partial charge in [0.05, 0.1) is 0 Å². The van der Waals surface area contributed by atoms with E-state index in [-0.39, 0.29) is 0 Å². The molecule has 1 aliphatic rings. The van der Waals surface area contributed by atoms with Crippen LogP contribution in [0, 0.1) is 0 Å². The fraction of sp³-hybridized carbons (Fsp3) is 1.00. The molecule has 2 unspecified atom stereocenters. The zero-order valence-electron chi connectivity index (χ0n) is 5.50. The van der Waals surface area contributed by atoms with Gasteiger partial charge in [0.2, 0.25) is 12.1 Å². The van der Waals surface area contributed by atoms with Crippen molar-refractivity contribution in [1.82, 2.24) is 0 Å². The lowest BCUT2D eigenvalue weighted by molar-refractivity contribution is 0.0257. The lowest BCUT2D eigenvalue weighted by atomic mass is 10.2. The normalized spacial score (nSPS) is 41.0. The van der Waals surface area contributed by atoms with Crippen LogP contribution in [-0.2, 0) is 4.74 Å². The Labute approximate surface area is 54.3 Å². The smallest absolute Gasteiger partial charge is 0.220 e. The SMILES string of the molecule is CCCCC1(O)OC1O. The molecule has 1 rings (SSSR count). The van der Waals surface area contributed by atoms with E-state index in [1.54, 1.807) is 0 Å². The van der Waals surface area contributed by atoms with E-state index < -0.39 is 12.1 Å². The number of aliphatic hydroxyl groups is 2. The second-order valence-electron chi connectivity index (χ2n) is 2.42. The molecule has 0 saturated carbocycles. The Kier molecular flexibility index (Phi) is 1.75. The van der Waals surface area contributed by atoms with Crippen molar-refractivity contribution >= 4 is 0 Å². The average Bonchev–Trinajstić information content (AvgIpc) is 2.38. The van der Waals surface area contributed by atoms with E-state index in [0.717, 1.165) is 12.8 Å². The van der Waals surface area contributed by atoms with Crippen molar-refractivity contribution in [3.63, 3.8) is 0 Å². The van der Waals surface area contributed by atoms with Gasteiger partial charge in [0.25, 0.3) is 0 Å². The predicted molar refractivity (Wildman–Crippen MR) is 31.6 cm³/mol. The third-order valence-electron chi connectivity index (χ3n) is 1.53. The summed E-state index contributed by atoms with van der Waals surface area (Å²) in [5, 5.41) is 17.7. The van der Waals surface area contributed by atoms with Crippen molar-refractivity contribution in [2.45, 2.75) is 38.3 Å². The molecule has 0 bridgehead atoms. The van der Waals surface area contributed by atoms with E-state index in [4.69, 9.17) is 10.2 Å². The van der Waals surface area contributed by atoms with Crippen molar-refractivity contribution in [3.8, 4) is 0 Å². The number of ether oxygens (including phenoxy) is 1. The molecule has 0 radical (unpaired) electrons. The van der Waals surface area contributed by atoms with Gasteiger partial charge in [-0.2, -0.15) is 0 Å². The van der Waals surface area contributed by atoms with Gasteiger partial charge in [-0.1, -0.05) is 13.3 Å². The number of epoxide rings is 1. The topological polar surface area (TPSA) is 53.0 Å². The van der Waals surface area contributed by atoms with Gasteiger partial charge in [0.1, 0.15) is 0 Å². The fourth-order valence-electron chi connectivity index (χ4n) is 0.772. The van der Waals surface area contributed by atoms with Crippen LogP contribution in [0.5, 0.6) is 0 Å². The van der Waals surface area contributed by atoms with Gasteiger partial charge >= 0.3 is 0 Å². The van der Waals surface area contributed by atoms with Crippen LogP contribution in [0.15, 0.2) is 0 Å². The maximum atomic E-state index is 9.06. The first-order chi connectivity index (χ1) is 4.19. The summed E-state index contributed by atoms with van der Waals surface area (Å²) in [6, 6.07) is 0. The summed E-state index contributed by atoms with van der Waals surface area (Å²) in [4.78, 5) is 0. The van der Waals surface area contributed by atoms with Crippen LogP contribution >= 0.6 is 0 Å². The third kappa shape index (κ3) is 1.41. The monoisotopic (exact) mass is 132 g/mol. The van der Waals surface area contributed by atoms with Crippen molar-refractivity contribution in [2.75, 3.05) is 0 Å². The molecule has 1 saturated heterocycles. The maximum absolute atomic E-state index is 9.06. The minimum atomic E-state index is -1.18. The molecule has 0 aliphatic carbocycles. The fourth-order valence-corrected chi connectivity index (χ4v) is 0.772. The van der Waals surface area contributed by atoms with E-state index in [2.05, 4.69) is 4.74 Å². The lowest BCUT2D eigenvalue weighted by Crippen LogP contribution is -2.12. The standard InChI is InChI=1S/C6H12O3/c1-2-3-4-6(8)5(7)9-6/h5,7-8H,2-4H2,1H3. The van der Waals surface area contributed by atoms with Crippen molar-refractivity contribution in [3.05, 3.63) is 0 Å². The van der Waals surface area contributed by atoms with Gasteiger partial charge < -0.3 is 14.9 Å². The number of hydrogen-bond donors (Lipinski definition) is 2. The van der Waals surface area contributed by atoms with Crippen LogP contribution in [0.2, 0.25) is 0 Å². The molecule has 54 valence electrons. The highest BCUT2D eigenvalue weighted by molar-refractivity contribution is 4.83. The van der Waals surface area contributed by atoms with E-state index in [0.29, 0.717) is 6.42 Å². The van der Waals surface area contributed by atoms with Gasteiger partial charge in [-0.25, -0.2) is 0 Å². The first kappa shape index (κ1) is 6.99. The summed E-state index contributed by atoms with van der Waals surface area (Å²) in [5.41, 5.74) is 0. The zero-order valence-corrected chi connectivity index (χ0v) is 5.50. The average molecular weight is 132 g/mol. The molecule has 2 N–H and O–H groups in total. The van der Waals surface area contributed by atoms with Gasteiger partial charge in [-0.05, 0) is 6.42 Å². The second-order valence-corrected chi connectivity index (χ2v) is 2.42. The molecule has 1 aliphatic heterocycles. The Hall–Kier alpha value is -0.120. The summed E-state index contributed by atoms with van der Waals surface area (Å²) < 4.78 is 4.52. The first-order valence-corrected chi connectivity index (χ1v) is 3.27. The first-order valence-electron chi connectivity index (χ1n) is 3.27. The number of unbranched alkanes of at least 4 members (excludes halogenated alkanes) is 1. The highest BCUT2D eigenvalue weighted by Gasteiger charge is 2.53. The molecule has 1 fully saturated rings. The summed E-state index contributed by atoms with van der Waals surface area (Å²) in [6.45, 7) is 2.03. The zero-order chi connectivity index (χ0) is 6.91. The molecule has 3 nitrogen and oxygen atoms in total. The van der Waals surface area contributed by atoms with Gasteiger partial charge in [0, 0.05) is 6.42 Å². The quantitative estimate of drug-likeness (QED) is 0.540. The molecule has 0 aromatic carbocycles. The molecule has 0 amide bonds.